The Kier molecular flexibility index (Phi) is 5.44. The molecule has 0 aromatic heterocycles. The second kappa shape index (κ2) is 6.98. The molecule has 1 aromatic carbocycles. The quantitative estimate of drug-likeness (QED) is 0.779. The van der Waals surface area contributed by atoms with Gasteiger partial charge in [-0.3, -0.25) is 0 Å². The third-order valence-corrected chi connectivity index (χ3v) is 3.82. The highest BCUT2D eigenvalue weighted by molar-refractivity contribution is 5.50. The third-order valence-electron chi connectivity index (χ3n) is 3.82. The first-order chi connectivity index (χ1) is 10.7. The lowest BCUT2D eigenvalue weighted by molar-refractivity contribution is -0.143. The van der Waals surface area contributed by atoms with E-state index in [9.17, 15) is 26.3 Å². The fraction of sp³-hybridized carbons (Fsp3) is 0.600. The summed E-state index contributed by atoms with van der Waals surface area (Å²) >= 11 is 0. The molecule has 1 aliphatic heterocycles. The van der Waals surface area contributed by atoms with Crippen LogP contribution in [0, 0.1) is 0 Å². The maximum Gasteiger partial charge on any atom is 0.416 e. The van der Waals surface area contributed by atoms with Crippen molar-refractivity contribution in [1.82, 2.24) is 5.32 Å². The molecular weight excluding hydrogens is 322 g/mol. The number of rotatable bonds is 4. The van der Waals surface area contributed by atoms with E-state index in [1.54, 1.807) is 0 Å². The summed E-state index contributed by atoms with van der Waals surface area (Å²) in [5.74, 6) is 0. The average Bonchev–Trinajstić information content (AvgIpc) is 2.46. The summed E-state index contributed by atoms with van der Waals surface area (Å²) in [5, 5.41) is 5.95. The van der Waals surface area contributed by atoms with E-state index in [-0.39, 0.29) is 17.8 Å². The van der Waals surface area contributed by atoms with Gasteiger partial charge in [0.25, 0.3) is 0 Å². The molecular formula is C15H18F6N2. The lowest BCUT2D eigenvalue weighted by Gasteiger charge is -2.23. The lowest BCUT2D eigenvalue weighted by Crippen LogP contribution is -2.35. The van der Waals surface area contributed by atoms with Crippen LogP contribution in [0.2, 0.25) is 0 Å². The Morgan fingerprint density at radius 2 is 1.57 bits per heavy atom. The van der Waals surface area contributed by atoms with Gasteiger partial charge in [0.05, 0.1) is 11.1 Å². The molecule has 0 unspecified atom stereocenters. The molecule has 0 radical (unpaired) electrons. The maximum atomic E-state index is 12.7. The summed E-state index contributed by atoms with van der Waals surface area (Å²) in [6.45, 7) is 1.21. The molecule has 1 atom stereocenters. The molecule has 2 nitrogen and oxygen atoms in total. The Labute approximate surface area is 130 Å². The Morgan fingerprint density at radius 3 is 2.04 bits per heavy atom. The topological polar surface area (TPSA) is 24.1 Å². The van der Waals surface area contributed by atoms with Crippen molar-refractivity contribution in [3.05, 3.63) is 29.3 Å². The molecule has 8 heteroatoms. The number of hydrogen-bond donors (Lipinski definition) is 2. The number of hydrogen-bond acceptors (Lipinski definition) is 2. The van der Waals surface area contributed by atoms with Gasteiger partial charge in [-0.1, -0.05) is 6.42 Å². The summed E-state index contributed by atoms with van der Waals surface area (Å²) < 4.78 is 76.5. The largest absolute Gasteiger partial charge is 0.416 e. The first kappa shape index (κ1) is 17.9. The number of benzene rings is 1. The van der Waals surface area contributed by atoms with Crippen molar-refractivity contribution in [3.63, 3.8) is 0 Å². The van der Waals surface area contributed by atoms with Crippen LogP contribution in [0.15, 0.2) is 18.2 Å². The summed E-state index contributed by atoms with van der Waals surface area (Å²) in [7, 11) is 0. The SMILES string of the molecule is FC(F)(F)c1cc(NCC[C@@H]2CCCCN2)cc(C(F)(F)F)c1. The number of anilines is 1. The Balaban J connectivity index is 2.07. The van der Waals surface area contributed by atoms with E-state index in [2.05, 4.69) is 10.6 Å². The molecule has 23 heavy (non-hydrogen) atoms. The van der Waals surface area contributed by atoms with Gasteiger partial charge in [-0.25, -0.2) is 0 Å². The van der Waals surface area contributed by atoms with Gasteiger partial charge in [0.2, 0.25) is 0 Å². The molecule has 1 saturated heterocycles. The van der Waals surface area contributed by atoms with Crippen molar-refractivity contribution in [2.45, 2.75) is 44.1 Å². The summed E-state index contributed by atoms with van der Waals surface area (Å²) in [6, 6.07) is 1.81. The highest BCUT2D eigenvalue weighted by Gasteiger charge is 2.36. The van der Waals surface area contributed by atoms with Crippen LogP contribution in [-0.4, -0.2) is 19.1 Å². The first-order valence-corrected chi connectivity index (χ1v) is 7.43. The van der Waals surface area contributed by atoms with Gasteiger partial charge in [0, 0.05) is 18.3 Å². The predicted molar refractivity (Wildman–Crippen MR) is 75.2 cm³/mol. The monoisotopic (exact) mass is 340 g/mol. The van der Waals surface area contributed by atoms with Crippen LogP contribution >= 0.6 is 0 Å². The van der Waals surface area contributed by atoms with Crippen LogP contribution in [0.5, 0.6) is 0 Å². The van der Waals surface area contributed by atoms with E-state index >= 15 is 0 Å². The van der Waals surface area contributed by atoms with Gasteiger partial charge in [0.1, 0.15) is 0 Å². The zero-order chi connectivity index (χ0) is 17.1. The normalized spacial score (nSPS) is 19.7. The molecule has 2 rings (SSSR count). The molecule has 1 fully saturated rings. The zero-order valence-electron chi connectivity index (χ0n) is 12.3. The Bertz CT molecular complexity index is 485. The molecule has 0 saturated carbocycles. The molecule has 0 amide bonds. The number of alkyl halides is 6. The molecule has 0 aliphatic carbocycles. The number of halogens is 6. The highest BCUT2D eigenvalue weighted by Crippen LogP contribution is 2.37. The lowest BCUT2D eigenvalue weighted by atomic mass is 10.0. The Hall–Kier alpha value is -1.44. The molecule has 1 aromatic rings. The van der Waals surface area contributed by atoms with Crippen molar-refractivity contribution >= 4 is 5.69 Å². The van der Waals surface area contributed by atoms with Gasteiger partial charge in [0.15, 0.2) is 0 Å². The minimum atomic E-state index is -4.82. The standard InChI is InChI=1S/C15H18F6N2/c16-14(17,18)10-7-11(15(19,20)21)9-13(8-10)23-6-4-12-3-1-2-5-22-12/h7-9,12,22-23H,1-6H2/t12-/m0/s1. The second-order valence-electron chi connectivity index (χ2n) is 5.66. The molecule has 0 spiro atoms. The van der Waals surface area contributed by atoms with Crippen molar-refractivity contribution < 1.29 is 26.3 Å². The smallest absolute Gasteiger partial charge is 0.385 e. The highest BCUT2D eigenvalue weighted by atomic mass is 19.4. The van der Waals surface area contributed by atoms with Gasteiger partial charge in [-0.2, -0.15) is 26.3 Å². The molecule has 1 heterocycles. The minimum absolute atomic E-state index is 0.133. The predicted octanol–water partition coefficient (Wildman–Crippen LogP) is 4.67. The van der Waals surface area contributed by atoms with Crippen LogP contribution in [-0.2, 0) is 12.4 Å². The van der Waals surface area contributed by atoms with Gasteiger partial charge in [-0.15, -0.1) is 0 Å². The van der Waals surface area contributed by atoms with Crippen molar-refractivity contribution in [1.29, 1.82) is 0 Å². The fourth-order valence-electron chi connectivity index (χ4n) is 2.62. The molecule has 0 bridgehead atoms. The van der Waals surface area contributed by atoms with E-state index in [0.29, 0.717) is 25.1 Å². The van der Waals surface area contributed by atoms with Crippen molar-refractivity contribution in [3.8, 4) is 0 Å². The van der Waals surface area contributed by atoms with Crippen molar-refractivity contribution in [2.24, 2.45) is 0 Å². The average molecular weight is 340 g/mol. The van der Waals surface area contributed by atoms with E-state index in [0.717, 1.165) is 25.8 Å². The third kappa shape index (κ3) is 5.30. The van der Waals surface area contributed by atoms with Gasteiger partial charge >= 0.3 is 12.4 Å². The van der Waals surface area contributed by atoms with E-state index in [4.69, 9.17) is 0 Å². The fourth-order valence-corrected chi connectivity index (χ4v) is 2.62. The number of nitrogens with one attached hydrogen (secondary N) is 2. The summed E-state index contributed by atoms with van der Waals surface area (Å²) in [4.78, 5) is 0. The van der Waals surface area contributed by atoms with Crippen LogP contribution in [0.1, 0.15) is 36.8 Å². The van der Waals surface area contributed by atoms with Crippen LogP contribution in [0.3, 0.4) is 0 Å². The Morgan fingerprint density at radius 1 is 0.957 bits per heavy atom. The van der Waals surface area contributed by atoms with Crippen LogP contribution in [0.25, 0.3) is 0 Å². The van der Waals surface area contributed by atoms with Crippen LogP contribution < -0.4 is 10.6 Å². The zero-order valence-corrected chi connectivity index (χ0v) is 12.3. The van der Waals surface area contributed by atoms with Crippen LogP contribution in [0.4, 0.5) is 32.0 Å². The molecule has 2 N–H and O–H groups in total. The summed E-state index contributed by atoms with van der Waals surface area (Å²) in [5.41, 5.74) is -2.76. The molecule has 1 aliphatic rings. The maximum absolute atomic E-state index is 12.7. The van der Waals surface area contributed by atoms with Gasteiger partial charge in [-0.05, 0) is 44.0 Å². The molecule has 130 valence electrons. The van der Waals surface area contributed by atoms with Gasteiger partial charge < -0.3 is 10.6 Å². The second-order valence-corrected chi connectivity index (χ2v) is 5.66. The van der Waals surface area contributed by atoms with E-state index < -0.39 is 23.5 Å². The van der Waals surface area contributed by atoms with E-state index in [1.807, 2.05) is 0 Å². The minimum Gasteiger partial charge on any atom is -0.385 e. The first-order valence-electron chi connectivity index (χ1n) is 7.43. The van der Waals surface area contributed by atoms with Crippen molar-refractivity contribution in [2.75, 3.05) is 18.4 Å². The van der Waals surface area contributed by atoms with E-state index in [1.165, 1.54) is 0 Å². The summed E-state index contributed by atoms with van der Waals surface area (Å²) in [6.07, 6.45) is -5.84. The number of piperidine rings is 1.